The van der Waals surface area contributed by atoms with E-state index < -0.39 is 5.56 Å². The number of fused-ring (bicyclic) bond motifs is 1. The second-order valence-electron chi connectivity index (χ2n) is 6.64. The average molecular weight is 368 g/mol. The molecule has 2 unspecified atom stereocenters. The van der Waals surface area contributed by atoms with Gasteiger partial charge in [-0.3, -0.25) is 20.4 Å². The molecule has 3 N–H and O–H groups in total. The summed E-state index contributed by atoms with van der Waals surface area (Å²) in [5.41, 5.74) is 6.87. The van der Waals surface area contributed by atoms with Gasteiger partial charge in [0.05, 0.1) is 17.9 Å². The Kier molecular flexibility index (Phi) is 4.42. The first kappa shape index (κ1) is 17.3. The van der Waals surface area contributed by atoms with Crippen LogP contribution in [0.4, 0.5) is 0 Å². The molecular formula is C17H20N8O2. The van der Waals surface area contributed by atoms with E-state index in [0.29, 0.717) is 11.0 Å². The molecule has 4 rings (SSSR count). The van der Waals surface area contributed by atoms with Gasteiger partial charge in [-0.1, -0.05) is 23.4 Å². The van der Waals surface area contributed by atoms with E-state index in [1.54, 1.807) is 4.68 Å². The van der Waals surface area contributed by atoms with E-state index in [4.69, 9.17) is 0 Å². The van der Waals surface area contributed by atoms with Crippen molar-refractivity contribution in [3.63, 3.8) is 0 Å². The molecular weight excluding hydrogens is 348 g/mol. The minimum absolute atomic E-state index is 0.0780. The molecule has 3 aromatic rings. The highest BCUT2D eigenvalue weighted by Gasteiger charge is 2.31. The smallest absolute Gasteiger partial charge is 0.281 e. The van der Waals surface area contributed by atoms with Gasteiger partial charge in [0.15, 0.2) is 5.65 Å². The first-order valence-corrected chi connectivity index (χ1v) is 8.72. The van der Waals surface area contributed by atoms with Crippen LogP contribution in [0.3, 0.4) is 0 Å². The molecule has 2 atom stereocenters. The van der Waals surface area contributed by atoms with Crippen LogP contribution in [0.5, 0.6) is 0 Å². The number of hydrogen-bond acceptors (Lipinski definition) is 7. The zero-order valence-electron chi connectivity index (χ0n) is 15.0. The SMILES string of the molecule is CC1NNC(C)C1NC(=O)Cn1nnc2c(cnn2-c2ccccc2)c1=O. The first-order valence-electron chi connectivity index (χ1n) is 8.72. The molecule has 27 heavy (non-hydrogen) atoms. The summed E-state index contributed by atoms with van der Waals surface area (Å²) in [5, 5.41) is 15.5. The van der Waals surface area contributed by atoms with Gasteiger partial charge >= 0.3 is 0 Å². The summed E-state index contributed by atoms with van der Waals surface area (Å²) in [6.45, 7) is 3.74. The third-order valence-electron chi connectivity index (χ3n) is 4.69. The van der Waals surface area contributed by atoms with Gasteiger partial charge in [-0.15, -0.1) is 5.10 Å². The molecule has 0 radical (unpaired) electrons. The fourth-order valence-corrected chi connectivity index (χ4v) is 3.22. The Bertz CT molecular complexity index is 1020. The number of amides is 1. The maximum atomic E-state index is 12.7. The Labute approximate surface area is 154 Å². The van der Waals surface area contributed by atoms with Gasteiger partial charge in [-0.25, -0.2) is 9.36 Å². The van der Waals surface area contributed by atoms with Crippen LogP contribution >= 0.6 is 0 Å². The maximum Gasteiger partial charge on any atom is 0.281 e. The number of carbonyl (C=O) groups is 1. The molecule has 1 aliphatic heterocycles. The highest BCUT2D eigenvalue weighted by atomic mass is 16.2. The number of para-hydroxylation sites is 1. The van der Waals surface area contributed by atoms with Gasteiger partial charge < -0.3 is 5.32 Å². The van der Waals surface area contributed by atoms with Crippen LogP contribution < -0.4 is 21.7 Å². The molecule has 0 bridgehead atoms. The van der Waals surface area contributed by atoms with Gasteiger partial charge in [0.25, 0.3) is 5.56 Å². The van der Waals surface area contributed by atoms with E-state index in [-0.39, 0.29) is 30.6 Å². The number of aromatic nitrogens is 5. The Balaban J connectivity index is 1.58. The average Bonchev–Trinajstić information content (AvgIpc) is 3.24. The van der Waals surface area contributed by atoms with Crippen LogP contribution in [0.2, 0.25) is 0 Å². The lowest BCUT2D eigenvalue weighted by atomic mass is 10.1. The molecule has 1 fully saturated rings. The van der Waals surface area contributed by atoms with Crippen molar-refractivity contribution in [2.75, 3.05) is 0 Å². The normalized spacial score (nSPS) is 22.2. The van der Waals surface area contributed by atoms with Crippen molar-refractivity contribution < 1.29 is 4.79 Å². The monoisotopic (exact) mass is 368 g/mol. The number of carbonyl (C=O) groups excluding carboxylic acids is 1. The highest BCUT2D eigenvalue weighted by molar-refractivity contribution is 5.77. The third-order valence-corrected chi connectivity index (χ3v) is 4.69. The summed E-state index contributed by atoms with van der Waals surface area (Å²) in [6, 6.07) is 9.44. The summed E-state index contributed by atoms with van der Waals surface area (Å²) >= 11 is 0. The quantitative estimate of drug-likeness (QED) is 0.560. The molecule has 1 amide bonds. The third kappa shape index (κ3) is 3.20. The Morgan fingerprint density at radius 2 is 1.89 bits per heavy atom. The summed E-state index contributed by atoms with van der Waals surface area (Å²) in [7, 11) is 0. The zero-order valence-corrected chi connectivity index (χ0v) is 15.0. The van der Waals surface area contributed by atoms with Crippen molar-refractivity contribution in [3.05, 3.63) is 46.9 Å². The molecule has 1 saturated heterocycles. The lowest BCUT2D eigenvalue weighted by Crippen LogP contribution is -2.48. The van der Waals surface area contributed by atoms with E-state index in [1.165, 1.54) is 6.20 Å². The van der Waals surface area contributed by atoms with Gasteiger partial charge in [0.1, 0.15) is 11.9 Å². The van der Waals surface area contributed by atoms with Gasteiger partial charge in [-0.2, -0.15) is 5.10 Å². The largest absolute Gasteiger partial charge is 0.349 e. The van der Waals surface area contributed by atoms with Crippen LogP contribution in [0.25, 0.3) is 16.7 Å². The predicted molar refractivity (Wildman–Crippen MR) is 98.0 cm³/mol. The van der Waals surface area contributed by atoms with E-state index in [2.05, 4.69) is 31.6 Å². The molecule has 10 nitrogen and oxygen atoms in total. The van der Waals surface area contributed by atoms with E-state index in [9.17, 15) is 9.59 Å². The summed E-state index contributed by atoms with van der Waals surface area (Å²) in [6.07, 6.45) is 1.45. The number of rotatable bonds is 4. The molecule has 10 heteroatoms. The van der Waals surface area contributed by atoms with Crippen molar-refractivity contribution in [2.24, 2.45) is 0 Å². The topological polar surface area (TPSA) is 119 Å². The molecule has 1 aromatic carbocycles. The van der Waals surface area contributed by atoms with Crippen LogP contribution in [-0.4, -0.2) is 48.8 Å². The maximum absolute atomic E-state index is 12.7. The highest BCUT2D eigenvalue weighted by Crippen LogP contribution is 2.12. The Hall–Kier alpha value is -3.11. The minimum Gasteiger partial charge on any atom is -0.349 e. The minimum atomic E-state index is -0.402. The molecule has 0 aliphatic carbocycles. The van der Waals surface area contributed by atoms with Crippen molar-refractivity contribution in [1.29, 1.82) is 0 Å². The van der Waals surface area contributed by atoms with E-state index in [1.807, 2.05) is 44.2 Å². The van der Waals surface area contributed by atoms with Crippen LogP contribution in [0.1, 0.15) is 13.8 Å². The summed E-state index contributed by atoms with van der Waals surface area (Å²) in [5.74, 6) is -0.296. The number of hydrogen-bond donors (Lipinski definition) is 3. The summed E-state index contributed by atoms with van der Waals surface area (Å²) in [4.78, 5) is 25.0. The van der Waals surface area contributed by atoms with Crippen molar-refractivity contribution >= 4 is 16.9 Å². The second-order valence-corrected chi connectivity index (χ2v) is 6.64. The standard InChI is InChI=1S/C17H20N8O2/c1-10-15(11(2)21-20-10)19-14(26)9-24-17(27)13-8-18-25(16(13)22-23-24)12-6-4-3-5-7-12/h3-8,10-11,15,20-21H,9H2,1-2H3,(H,19,26). The number of nitrogens with one attached hydrogen (secondary N) is 3. The van der Waals surface area contributed by atoms with Gasteiger partial charge in [0.2, 0.25) is 5.91 Å². The van der Waals surface area contributed by atoms with Crippen LogP contribution in [0.15, 0.2) is 41.3 Å². The van der Waals surface area contributed by atoms with Gasteiger partial charge in [0, 0.05) is 12.1 Å². The fraction of sp³-hybridized carbons (Fsp3) is 0.353. The second kappa shape index (κ2) is 6.89. The Morgan fingerprint density at radius 3 is 2.59 bits per heavy atom. The Morgan fingerprint density at radius 1 is 1.19 bits per heavy atom. The van der Waals surface area contributed by atoms with Crippen LogP contribution in [0, 0.1) is 0 Å². The number of nitrogens with zero attached hydrogens (tertiary/aromatic N) is 5. The molecule has 0 spiro atoms. The van der Waals surface area contributed by atoms with E-state index >= 15 is 0 Å². The molecule has 1 aliphatic rings. The van der Waals surface area contributed by atoms with Crippen molar-refractivity contribution in [1.82, 2.24) is 40.9 Å². The fourth-order valence-electron chi connectivity index (χ4n) is 3.22. The number of benzene rings is 1. The lowest BCUT2D eigenvalue weighted by molar-refractivity contribution is -0.122. The van der Waals surface area contributed by atoms with Crippen molar-refractivity contribution in [2.45, 2.75) is 38.5 Å². The molecule has 140 valence electrons. The molecule has 3 heterocycles. The number of hydrazine groups is 1. The zero-order chi connectivity index (χ0) is 19.0. The van der Waals surface area contributed by atoms with E-state index in [0.717, 1.165) is 10.4 Å². The first-order chi connectivity index (χ1) is 13.0. The predicted octanol–water partition coefficient (Wildman–Crippen LogP) is -0.653. The lowest BCUT2D eigenvalue weighted by Gasteiger charge is -2.19. The van der Waals surface area contributed by atoms with Crippen molar-refractivity contribution in [3.8, 4) is 5.69 Å². The molecule has 2 aromatic heterocycles. The molecule has 0 saturated carbocycles. The van der Waals surface area contributed by atoms with Crippen LogP contribution in [-0.2, 0) is 11.3 Å². The van der Waals surface area contributed by atoms with Gasteiger partial charge in [-0.05, 0) is 26.0 Å². The summed E-state index contributed by atoms with van der Waals surface area (Å²) < 4.78 is 2.60.